The van der Waals surface area contributed by atoms with E-state index in [9.17, 15) is 4.79 Å². The SMILES string of the molecule is O=C(CCc1cccc(N2CCCC2)c1)c1csc(CCNCc2nc3ccccc3[nH]2)n1. The first-order valence-corrected chi connectivity index (χ1v) is 12.6. The Morgan fingerprint density at radius 1 is 1.06 bits per heavy atom. The van der Waals surface area contributed by atoms with Gasteiger partial charge in [0, 0.05) is 43.5 Å². The number of aromatic nitrogens is 3. The van der Waals surface area contributed by atoms with Crippen LogP contribution in [0, 0.1) is 0 Å². The molecule has 0 unspecified atom stereocenters. The number of nitrogens with one attached hydrogen (secondary N) is 2. The molecule has 7 heteroatoms. The van der Waals surface area contributed by atoms with Crippen molar-refractivity contribution in [1.82, 2.24) is 20.3 Å². The Bertz CT molecular complexity index is 1190. The number of aromatic amines is 1. The number of hydrogen-bond acceptors (Lipinski definition) is 6. The first kappa shape index (κ1) is 21.8. The second-order valence-corrected chi connectivity index (χ2v) is 9.48. The molecule has 5 rings (SSSR count). The van der Waals surface area contributed by atoms with Crippen LogP contribution in [0.25, 0.3) is 11.0 Å². The topological polar surface area (TPSA) is 73.9 Å². The summed E-state index contributed by atoms with van der Waals surface area (Å²) in [5.41, 5.74) is 5.14. The van der Waals surface area contributed by atoms with Gasteiger partial charge in [0.05, 0.1) is 22.6 Å². The largest absolute Gasteiger partial charge is 0.372 e. The predicted molar refractivity (Wildman–Crippen MR) is 134 cm³/mol. The van der Waals surface area contributed by atoms with E-state index in [4.69, 9.17) is 0 Å². The number of Topliss-reactive ketones (excluding diaryl/α,β-unsaturated/α-hetero) is 1. The van der Waals surface area contributed by atoms with Gasteiger partial charge in [-0.1, -0.05) is 24.3 Å². The van der Waals surface area contributed by atoms with Crippen LogP contribution in [0.2, 0.25) is 0 Å². The highest BCUT2D eigenvalue weighted by molar-refractivity contribution is 7.09. The molecule has 170 valence electrons. The number of thiazole rings is 1. The van der Waals surface area contributed by atoms with Gasteiger partial charge >= 0.3 is 0 Å². The third-order valence-corrected chi connectivity index (χ3v) is 7.02. The number of nitrogens with zero attached hydrogens (tertiary/aromatic N) is 3. The quantitative estimate of drug-likeness (QED) is 0.264. The van der Waals surface area contributed by atoms with Gasteiger partial charge in [-0.05, 0) is 49.1 Å². The van der Waals surface area contributed by atoms with Crippen LogP contribution >= 0.6 is 11.3 Å². The maximum absolute atomic E-state index is 12.7. The summed E-state index contributed by atoms with van der Waals surface area (Å²) in [6, 6.07) is 16.7. The number of H-pyrrole nitrogens is 1. The van der Waals surface area contributed by atoms with Crippen molar-refractivity contribution in [1.29, 1.82) is 0 Å². The van der Waals surface area contributed by atoms with Crippen LogP contribution in [0.5, 0.6) is 0 Å². The number of ketones is 1. The van der Waals surface area contributed by atoms with Crippen molar-refractivity contribution in [3.63, 3.8) is 0 Å². The molecule has 1 fully saturated rings. The Morgan fingerprint density at radius 3 is 2.82 bits per heavy atom. The van der Waals surface area contributed by atoms with Crippen molar-refractivity contribution in [2.75, 3.05) is 24.5 Å². The monoisotopic (exact) mass is 459 g/mol. The molecular formula is C26H29N5OS. The van der Waals surface area contributed by atoms with E-state index in [-0.39, 0.29) is 5.78 Å². The third-order valence-electron chi connectivity index (χ3n) is 6.11. The lowest BCUT2D eigenvalue weighted by Gasteiger charge is -2.18. The normalized spacial score (nSPS) is 13.8. The van der Waals surface area contributed by atoms with Crippen molar-refractivity contribution in [2.45, 2.75) is 38.6 Å². The van der Waals surface area contributed by atoms with Crippen LogP contribution in [0.1, 0.15) is 46.1 Å². The van der Waals surface area contributed by atoms with E-state index in [0.29, 0.717) is 18.7 Å². The molecule has 4 aromatic rings. The molecule has 0 aliphatic carbocycles. The number of rotatable bonds is 10. The molecule has 2 aromatic carbocycles. The number of benzene rings is 2. The molecule has 0 atom stereocenters. The molecule has 0 radical (unpaired) electrons. The number of imidazole rings is 1. The first-order chi connectivity index (χ1) is 16.2. The molecule has 0 bridgehead atoms. The lowest BCUT2D eigenvalue weighted by molar-refractivity contribution is 0.0978. The van der Waals surface area contributed by atoms with E-state index in [2.05, 4.69) is 49.4 Å². The summed E-state index contributed by atoms with van der Waals surface area (Å²) in [6.45, 7) is 3.75. The minimum absolute atomic E-state index is 0.124. The van der Waals surface area contributed by atoms with Gasteiger partial charge in [-0.3, -0.25) is 4.79 Å². The average Bonchev–Trinajstić information content (AvgIpc) is 3.61. The second kappa shape index (κ2) is 10.3. The zero-order valence-electron chi connectivity index (χ0n) is 18.7. The number of hydrogen-bond donors (Lipinski definition) is 2. The molecule has 33 heavy (non-hydrogen) atoms. The van der Waals surface area contributed by atoms with Crippen molar-refractivity contribution in [3.8, 4) is 0 Å². The van der Waals surface area contributed by atoms with Gasteiger partial charge in [0.25, 0.3) is 0 Å². The number of fused-ring (bicyclic) bond motifs is 1. The van der Waals surface area contributed by atoms with Gasteiger partial charge < -0.3 is 15.2 Å². The second-order valence-electron chi connectivity index (χ2n) is 8.54. The number of carbonyl (C=O) groups is 1. The highest BCUT2D eigenvalue weighted by Crippen LogP contribution is 2.22. The fourth-order valence-electron chi connectivity index (χ4n) is 4.32. The summed E-state index contributed by atoms with van der Waals surface area (Å²) in [7, 11) is 0. The van der Waals surface area contributed by atoms with Gasteiger partial charge in [0.1, 0.15) is 11.5 Å². The first-order valence-electron chi connectivity index (χ1n) is 11.7. The van der Waals surface area contributed by atoms with Crippen molar-refractivity contribution in [2.24, 2.45) is 0 Å². The molecular weight excluding hydrogens is 430 g/mol. The number of aryl methyl sites for hydroxylation is 1. The minimum Gasteiger partial charge on any atom is -0.372 e. The summed E-state index contributed by atoms with van der Waals surface area (Å²) in [6.07, 6.45) is 4.59. The Kier molecular flexibility index (Phi) is 6.79. The summed E-state index contributed by atoms with van der Waals surface area (Å²) in [5.74, 6) is 1.05. The van der Waals surface area contributed by atoms with E-state index < -0.39 is 0 Å². The van der Waals surface area contributed by atoms with Gasteiger partial charge in [-0.15, -0.1) is 11.3 Å². The molecule has 3 heterocycles. The predicted octanol–water partition coefficient (Wildman–Crippen LogP) is 4.77. The fourth-order valence-corrected chi connectivity index (χ4v) is 5.12. The summed E-state index contributed by atoms with van der Waals surface area (Å²) < 4.78 is 0. The zero-order chi connectivity index (χ0) is 22.5. The molecule has 1 aliphatic rings. The lowest BCUT2D eigenvalue weighted by Crippen LogP contribution is -2.17. The minimum atomic E-state index is 0.124. The Labute approximate surface area is 198 Å². The Balaban J connectivity index is 1.07. The summed E-state index contributed by atoms with van der Waals surface area (Å²) in [4.78, 5) is 27.6. The molecule has 1 saturated heterocycles. The van der Waals surface area contributed by atoms with Crippen molar-refractivity contribution in [3.05, 3.63) is 76.0 Å². The molecule has 2 aromatic heterocycles. The van der Waals surface area contributed by atoms with Crippen molar-refractivity contribution < 1.29 is 4.79 Å². The smallest absolute Gasteiger partial charge is 0.182 e. The summed E-state index contributed by atoms with van der Waals surface area (Å²) >= 11 is 1.57. The lowest BCUT2D eigenvalue weighted by atomic mass is 10.1. The van der Waals surface area contributed by atoms with E-state index >= 15 is 0 Å². The van der Waals surface area contributed by atoms with E-state index in [1.165, 1.54) is 24.1 Å². The number of anilines is 1. The Hall–Kier alpha value is -3.03. The van der Waals surface area contributed by atoms with E-state index in [0.717, 1.165) is 54.3 Å². The summed E-state index contributed by atoms with van der Waals surface area (Å²) in [5, 5.41) is 6.30. The molecule has 0 spiro atoms. The van der Waals surface area contributed by atoms with Crippen LogP contribution < -0.4 is 10.2 Å². The zero-order valence-corrected chi connectivity index (χ0v) is 19.5. The molecule has 2 N–H and O–H groups in total. The van der Waals surface area contributed by atoms with Gasteiger partial charge in [0.15, 0.2) is 5.78 Å². The molecule has 1 aliphatic heterocycles. The Morgan fingerprint density at radius 2 is 1.94 bits per heavy atom. The molecule has 6 nitrogen and oxygen atoms in total. The standard InChI is InChI=1S/C26H29N5OS/c32-24(11-10-19-6-5-7-20(16-19)31-14-3-4-15-31)23-18-33-26(30-23)12-13-27-17-25-28-21-8-1-2-9-22(21)29-25/h1-2,5-9,16,18,27H,3-4,10-15,17H2,(H,28,29). The molecule has 0 amide bonds. The average molecular weight is 460 g/mol. The van der Waals surface area contributed by atoms with E-state index in [1.807, 2.05) is 29.6 Å². The van der Waals surface area contributed by atoms with Crippen molar-refractivity contribution >= 4 is 33.8 Å². The van der Waals surface area contributed by atoms with Crippen LogP contribution in [-0.4, -0.2) is 40.4 Å². The molecule has 0 saturated carbocycles. The van der Waals surface area contributed by atoms with Crippen LogP contribution in [0.15, 0.2) is 53.9 Å². The maximum Gasteiger partial charge on any atom is 0.182 e. The highest BCUT2D eigenvalue weighted by atomic mass is 32.1. The van der Waals surface area contributed by atoms with Crippen LogP contribution in [-0.2, 0) is 19.4 Å². The number of para-hydroxylation sites is 2. The van der Waals surface area contributed by atoms with Gasteiger partial charge in [-0.25, -0.2) is 9.97 Å². The van der Waals surface area contributed by atoms with Gasteiger partial charge in [-0.2, -0.15) is 0 Å². The third kappa shape index (κ3) is 5.49. The van der Waals surface area contributed by atoms with Crippen LogP contribution in [0.4, 0.5) is 5.69 Å². The van der Waals surface area contributed by atoms with Gasteiger partial charge in [0.2, 0.25) is 0 Å². The highest BCUT2D eigenvalue weighted by Gasteiger charge is 2.14. The maximum atomic E-state index is 12.7. The van der Waals surface area contributed by atoms with Crippen LogP contribution in [0.3, 0.4) is 0 Å². The number of carbonyl (C=O) groups excluding carboxylic acids is 1. The fraction of sp³-hybridized carbons (Fsp3) is 0.346. The van der Waals surface area contributed by atoms with E-state index in [1.54, 1.807) is 11.3 Å².